The monoisotopic (exact) mass is 267 g/mol. The van der Waals surface area contributed by atoms with E-state index in [1.54, 1.807) is 0 Å². The van der Waals surface area contributed by atoms with Crippen LogP contribution in [0.1, 0.15) is 26.3 Å². The van der Waals surface area contributed by atoms with Crippen LogP contribution in [0, 0.1) is 5.41 Å². The Labute approximate surface area is 101 Å². The van der Waals surface area contributed by atoms with Crippen LogP contribution in [0.4, 0.5) is 5.69 Å². The molecule has 0 atom stereocenters. The third kappa shape index (κ3) is 2.20. The molecule has 0 unspecified atom stereocenters. The summed E-state index contributed by atoms with van der Waals surface area (Å²) < 4.78 is 1.18. The first kappa shape index (κ1) is 11.0. The normalized spacial score (nSPS) is 18.8. The number of anilines is 1. The van der Waals surface area contributed by atoms with Crippen molar-refractivity contribution < 1.29 is 0 Å². The average Bonchev–Trinajstić information content (AvgIpc) is 2.14. The molecule has 1 aliphatic rings. The van der Waals surface area contributed by atoms with Crippen LogP contribution < -0.4 is 4.90 Å². The summed E-state index contributed by atoms with van der Waals surface area (Å²) >= 11 is 3.53. The smallest absolute Gasteiger partial charge is 0.0399 e. The second-order valence-electron chi connectivity index (χ2n) is 5.15. The van der Waals surface area contributed by atoms with Crippen molar-refractivity contribution in [2.75, 3.05) is 18.0 Å². The molecule has 1 aromatic carbocycles. The first-order valence-corrected chi connectivity index (χ1v) is 6.34. The highest BCUT2D eigenvalue weighted by atomic mass is 79.9. The van der Waals surface area contributed by atoms with Crippen LogP contribution in [0.3, 0.4) is 0 Å². The number of aryl methyl sites for hydroxylation is 1. The summed E-state index contributed by atoms with van der Waals surface area (Å²) in [4.78, 5) is 2.48. The maximum absolute atomic E-state index is 3.53. The lowest BCUT2D eigenvalue weighted by molar-refractivity contribution is 0.276. The molecule has 0 aliphatic carbocycles. The van der Waals surface area contributed by atoms with Crippen LogP contribution in [-0.4, -0.2) is 13.1 Å². The van der Waals surface area contributed by atoms with E-state index >= 15 is 0 Å². The standard InChI is InChI=1S/C13H18BrN/c1-4-10-7-11(14)5-6-12(10)15-8-13(2,3)9-15/h5-7H,4,8-9H2,1-3H3. The zero-order valence-corrected chi connectivity index (χ0v) is 11.3. The molecule has 0 aromatic heterocycles. The second-order valence-corrected chi connectivity index (χ2v) is 6.06. The van der Waals surface area contributed by atoms with Crippen LogP contribution >= 0.6 is 15.9 Å². The molecule has 1 aromatic rings. The molecule has 0 amide bonds. The Morgan fingerprint density at radius 3 is 2.53 bits per heavy atom. The highest BCUT2D eigenvalue weighted by Gasteiger charge is 2.34. The quantitative estimate of drug-likeness (QED) is 0.787. The zero-order valence-electron chi connectivity index (χ0n) is 9.68. The van der Waals surface area contributed by atoms with Crippen molar-refractivity contribution in [1.82, 2.24) is 0 Å². The summed E-state index contributed by atoms with van der Waals surface area (Å²) in [7, 11) is 0. The van der Waals surface area contributed by atoms with Gasteiger partial charge in [0.25, 0.3) is 0 Å². The third-order valence-corrected chi connectivity index (χ3v) is 3.49. The lowest BCUT2D eigenvalue weighted by atomic mass is 9.83. The summed E-state index contributed by atoms with van der Waals surface area (Å²) in [5.74, 6) is 0. The predicted octanol–water partition coefficient (Wildman–Crippen LogP) is 3.86. The van der Waals surface area contributed by atoms with Crippen molar-refractivity contribution in [2.24, 2.45) is 5.41 Å². The van der Waals surface area contributed by atoms with Crippen LogP contribution in [-0.2, 0) is 6.42 Å². The second kappa shape index (κ2) is 3.82. The molecule has 1 saturated heterocycles. The van der Waals surface area contributed by atoms with Gasteiger partial charge >= 0.3 is 0 Å². The van der Waals surface area contributed by atoms with Gasteiger partial charge in [0.05, 0.1) is 0 Å². The Hall–Kier alpha value is -0.500. The molecule has 1 aliphatic heterocycles. The number of nitrogens with zero attached hydrogens (tertiary/aromatic N) is 1. The molecule has 0 saturated carbocycles. The van der Waals surface area contributed by atoms with Crippen LogP contribution in [0.5, 0.6) is 0 Å². The van der Waals surface area contributed by atoms with E-state index in [0.29, 0.717) is 5.41 Å². The van der Waals surface area contributed by atoms with Crippen molar-refractivity contribution >= 4 is 21.6 Å². The third-order valence-electron chi connectivity index (χ3n) is 3.00. The molecule has 1 nitrogen and oxygen atoms in total. The Morgan fingerprint density at radius 1 is 1.33 bits per heavy atom. The fourth-order valence-electron chi connectivity index (χ4n) is 2.30. The van der Waals surface area contributed by atoms with Gasteiger partial charge in [0, 0.05) is 23.2 Å². The van der Waals surface area contributed by atoms with Gasteiger partial charge in [-0.25, -0.2) is 0 Å². The fraction of sp³-hybridized carbons (Fsp3) is 0.538. The Morgan fingerprint density at radius 2 is 2.00 bits per heavy atom. The molecule has 2 heteroatoms. The number of benzene rings is 1. The fourth-order valence-corrected chi connectivity index (χ4v) is 2.71. The van der Waals surface area contributed by atoms with Gasteiger partial charge in [0.2, 0.25) is 0 Å². The topological polar surface area (TPSA) is 3.24 Å². The number of halogens is 1. The van der Waals surface area contributed by atoms with Crippen LogP contribution in [0.2, 0.25) is 0 Å². The van der Waals surface area contributed by atoms with Crippen molar-refractivity contribution in [1.29, 1.82) is 0 Å². The van der Waals surface area contributed by atoms with E-state index in [-0.39, 0.29) is 0 Å². The van der Waals surface area contributed by atoms with E-state index in [1.807, 2.05) is 0 Å². The summed E-state index contributed by atoms with van der Waals surface area (Å²) in [5.41, 5.74) is 3.36. The first-order valence-electron chi connectivity index (χ1n) is 5.55. The maximum Gasteiger partial charge on any atom is 0.0399 e. The lowest BCUT2D eigenvalue weighted by Gasteiger charge is -2.48. The van der Waals surface area contributed by atoms with Gasteiger partial charge in [-0.3, -0.25) is 0 Å². The van der Waals surface area contributed by atoms with Crippen molar-refractivity contribution in [2.45, 2.75) is 27.2 Å². The van der Waals surface area contributed by atoms with Gasteiger partial charge in [0.15, 0.2) is 0 Å². The molecule has 2 rings (SSSR count). The van der Waals surface area contributed by atoms with Crippen LogP contribution in [0.15, 0.2) is 22.7 Å². The highest BCUT2D eigenvalue weighted by molar-refractivity contribution is 9.10. The van der Waals surface area contributed by atoms with Gasteiger partial charge in [-0.15, -0.1) is 0 Å². The summed E-state index contributed by atoms with van der Waals surface area (Å²) in [6.07, 6.45) is 1.10. The maximum atomic E-state index is 3.53. The Kier molecular flexibility index (Phi) is 2.80. The van der Waals surface area contributed by atoms with Crippen molar-refractivity contribution in [3.63, 3.8) is 0 Å². The molecular formula is C13H18BrN. The summed E-state index contributed by atoms with van der Waals surface area (Å²) in [6.45, 7) is 9.24. The Balaban J connectivity index is 2.22. The van der Waals surface area contributed by atoms with E-state index in [9.17, 15) is 0 Å². The Bertz CT molecular complexity index is 363. The van der Waals surface area contributed by atoms with Gasteiger partial charge in [0.1, 0.15) is 0 Å². The summed E-state index contributed by atoms with van der Waals surface area (Å²) in [6, 6.07) is 6.61. The number of hydrogen-bond acceptors (Lipinski definition) is 1. The largest absolute Gasteiger partial charge is 0.370 e. The average molecular weight is 268 g/mol. The number of rotatable bonds is 2. The van der Waals surface area contributed by atoms with E-state index in [2.05, 4.69) is 59.8 Å². The van der Waals surface area contributed by atoms with E-state index < -0.39 is 0 Å². The highest BCUT2D eigenvalue weighted by Crippen LogP contribution is 2.36. The van der Waals surface area contributed by atoms with E-state index in [1.165, 1.54) is 28.8 Å². The van der Waals surface area contributed by atoms with E-state index in [0.717, 1.165) is 6.42 Å². The molecule has 1 fully saturated rings. The van der Waals surface area contributed by atoms with Gasteiger partial charge < -0.3 is 4.90 Å². The van der Waals surface area contributed by atoms with Crippen molar-refractivity contribution in [3.8, 4) is 0 Å². The molecular weight excluding hydrogens is 250 g/mol. The zero-order chi connectivity index (χ0) is 11.1. The molecule has 0 spiro atoms. The number of hydrogen-bond donors (Lipinski definition) is 0. The molecule has 0 radical (unpaired) electrons. The van der Waals surface area contributed by atoms with Gasteiger partial charge in [-0.1, -0.05) is 36.7 Å². The van der Waals surface area contributed by atoms with Gasteiger partial charge in [-0.05, 0) is 35.6 Å². The molecule has 0 bridgehead atoms. The van der Waals surface area contributed by atoms with E-state index in [4.69, 9.17) is 0 Å². The summed E-state index contributed by atoms with van der Waals surface area (Å²) in [5, 5.41) is 0. The minimum atomic E-state index is 0.498. The van der Waals surface area contributed by atoms with Crippen LogP contribution in [0.25, 0.3) is 0 Å². The molecule has 82 valence electrons. The minimum absolute atomic E-state index is 0.498. The predicted molar refractivity (Wildman–Crippen MR) is 69.5 cm³/mol. The molecule has 1 heterocycles. The van der Waals surface area contributed by atoms with Crippen molar-refractivity contribution in [3.05, 3.63) is 28.2 Å². The minimum Gasteiger partial charge on any atom is -0.370 e. The van der Waals surface area contributed by atoms with Gasteiger partial charge in [-0.2, -0.15) is 0 Å². The SMILES string of the molecule is CCc1cc(Br)ccc1N1CC(C)(C)C1. The molecule has 0 N–H and O–H groups in total. The lowest BCUT2D eigenvalue weighted by Crippen LogP contribution is -2.53. The first-order chi connectivity index (χ1) is 7.02. The molecule has 15 heavy (non-hydrogen) atoms.